The van der Waals surface area contributed by atoms with Gasteiger partial charge in [0.05, 0.1) is 20.3 Å². The molecule has 37 heavy (non-hydrogen) atoms. The van der Waals surface area contributed by atoms with Gasteiger partial charge in [0.1, 0.15) is 11.8 Å². The first-order valence-corrected chi connectivity index (χ1v) is 12.1. The van der Waals surface area contributed by atoms with Gasteiger partial charge in [-0.3, -0.25) is 9.59 Å². The van der Waals surface area contributed by atoms with E-state index in [1.165, 1.54) is 5.06 Å². The third kappa shape index (κ3) is 3.99. The van der Waals surface area contributed by atoms with Crippen molar-refractivity contribution in [3.8, 4) is 5.75 Å². The number of carbonyl (C=O) groups is 2. The van der Waals surface area contributed by atoms with E-state index in [1.807, 2.05) is 42.5 Å². The monoisotopic (exact) mass is 498 g/mol. The summed E-state index contributed by atoms with van der Waals surface area (Å²) < 4.78 is 17.9. The number of nitrogens with zero attached hydrogens (tertiary/aromatic N) is 1. The van der Waals surface area contributed by atoms with E-state index in [9.17, 15) is 9.59 Å². The molecule has 2 bridgehead atoms. The highest BCUT2D eigenvalue weighted by Gasteiger charge is 2.64. The third-order valence-electron chi connectivity index (χ3n) is 6.93. The fraction of sp³-hybridized carbons (Fsp3) is 0.241. The van der Waals surface area contributed by atoms with Crippen molar-refractivity contribution < 1.29 is 28.6 Å². The minimum atomic E-state index is -1.29. The molecule has 2 atom stereocenters. The van der Waals surface area contributed by atoms with Crippen molar-refractivity contribution in [3.63, 3.8) is 0 Å². The molecule has 6 rings (SSSR count). The molecule has 3 aromatic rings. The number of carbonyl (C=O) groups excluding carboxylic acids is 2. The number of hydroxylamine groups is 2. The van der Waals surface area contributed by atoms with Crippen molar-refractivity contribution in [1.82, 2.24) is 10.4 Å². The first-order valence-electron chi connectivity index (χ1n) is 12.1. The standard InChI is InChI=1S/C29H26N2O6/c1-34-23-14-12-20(13-15-23)24-18-28(30-26(32)21-8-4-2-5-9-21)19-25(29(24)35-16-17-36-29)31(37-28)27(33)22-10-6-3-7-11-22/h2-15,18,25H,16-17,19H2,1H3,(H,30,32). The van der Waals surface area contributed by atoms with Gasteiger partial charge in [-0.15, -0.1) is 0 Å². The Morgan fingerprint density at radius 3 is 2.14 bits per heavy atom. The predicted molar refractivity (Wildman–Crippen MR) is 134 cm³/mol. The Morgan fingerprint density at radius 1 is 0.892 bits per heavy atom. The highest BCUT2D eigenvalue weighted by molar-refractivity contribution is 5.96. The van der Waals surface area contributed by atoms with Crippen LogP contribution in [0.3, 0.4) is 0 Å². The summed E-state index contributed by atoms with van der Waals surface area (Å²) in [5.41, 5.74) is 1.14. The van der Waals surface area contributed by atoms with Crippen molar-refractivity contribution in [1.29, 1.82) is 0 Å². The lowest BCUT2D eigenvalue weighted by Gasteiger charge is -2.40. The minimum Gasteiger partial charge on any atom is -0.497 e. The number of hydrogen-bond acceptors (Lipinski definition) is 6. The van der Waals surface area contributed by atoms with Crippen molar-refractivity contribution in [2.24, 2.45) is 0 Å². The summed E-state index contributed by atoms with van der Waals surface area (Å²) in [5, 5.41) is 4.34. The van der Waals surface area contributed by atoms with Crippen LogP contribution in [0.15, 0.2) is 91.0 Å². The summed E-state index contributed by atoms with van der Waals surface area (Å²) in [6.07, 6.45) is 2.07. The normalized spacial score (nSPS) is 23.5. The molecule has 2 fully saturated rings. The maximum absolute atomic E-state index is 13.7. The van der Waals surface area contributed by atoms with E-state index in [2.05, 4.69) is 5.32 Å². The molecule has 2 saturated heterocycles. The van der Waals surface area contributed by atoms with Crippen LogP contribution in [-0.4, -0.2) is 54.8 Å². The third-order valence-corrected chi connectivity index (χ3v) is 6.93. The van der Waals surface area contributed by atoms with Crippen molar-refractivity contribution in [2.75, 3.05) is 20.3 Å². The number of rotatable bonds is 5. The van der Waals surface area contributed by atoms with Gasteiger partial charge in [-0.2, -0.15) is 0 Å². The van der Waals surface area contributed by atoms with Crippen molar-refractivity contribution in [2.45, 2.75) is 24.0 Å². The van der Waals surface area contributed by atoms with Crippen LogP contribution < -0.4 is 10.1 Å². The van der Waals surface area contributed by atoms with Gasteiger partial charge >= 0.3 is 0 Å². The van der Waals surface area contributed by atoms with Crippen LogP contribution in [-0.2, 0) is 14.3 Å². The number of nitrogens with one attached hydrogen (secondary N) is 1. The van der Waals surface area contributed by atoms with E-state index in [1.54, 1.807) is 55.6 Å². The molecule has 188 valence electrons. The van der Waals surface area contributed by atoms with Crippen LogP contribution in [0.4, 0.5) is 0 Å². The van der Waals surface area contributed by atoms with E-state index in [4.69, 9.17) is 19.0 Å². The zero-order valence-corrected chi connectivity index (χ0v) is 20.3. The summed E-state index contributed by atoms with van der Waals surface area (Å²) >= 11 is 0. The molecule has 2 amide bonds. The lowest BCUT2D eigenvalue weighted by atomic mass is 9.80. The van der Waals surface area contributed by atoms with E-state index < -0.39 is 17.6 Å². The number of benzene rings is 3. The zero-order chi connectivity index (χ0) is 25.5. The van der Waals surface area contributed by atoms with E-state index in [0.29, 0.717) is 35.7 Å². The van der Waals surface area contributed by atoms with Crippen LogP contribution >= 0.6 is 0 Å². The highest BCUT2D eigenvalue weighted by atomic mass is 16.8. The Morgan fingerprint density at radius 2 is 1.51 bits per heavy atom. The molecule has 1 aliphatic carbocycles. The van der Waals surface area contributed by atoms with Crippen molar-refractivity contribution >= 4 is 17.4 Å². The molecule has 3 aromatic carbocycles. The SMILES string of the molecule is COc1ccc(C2=CC3(NC(=O)c4ccccc4)CC(N(C(=O)c4ccccc4)O3)C23OCCO3)cc1. The molecule has 2 aliphatic heterocycles. The maximum Gasteiger partial charge on any atom is 0.278 e. The second-order valence-electron chi connectivity index (χ2n) is 9.17. The van der Waals surface area contributed by atoms with Crippen molar-refractivity contribution in [3.05, 3.63) is 108 Å². The Labute approximate surface area is 214 Å². The maximum atomic E-state index is 13.7. The van der Waals surface area contributed by atoms with Gasteiger partial charge in [0.15, 0.2) is 5.72 Å². The molecule has 0 saturated carbocycles. The van der Waals surface area contributed by atoms with E-state index in [0.717, 1.165) is 5.56 Å². The smallest absolute Gasteiger partial charge is 0.278 e. The van der Waals surface area contributed by atoms with Crippen LogP contribution in [0.2, 0.25) is 0 Å². The molecule has 2 unspecified atom stereocenters. The fourth-order valence-electron chi connectivity index (χ4n) is 5.22. The molecule has 8 heteroatoms. The second-order valence-corrected chi connectivity index (χ2v) is 9.17. The van der Waals surface area contributed by atoms with E-state index >= 15 is 0 Å². The lowest BCUT2D eigenvalue weighted by molar-refractivity contribution is -0.205. The van der Waals surface area contributed by atoms with Gasteiger partial charge < -0.3 is 19.5 Å². The van der Waals surface area contributed by atoms with Gasteiger partial charge in [0.25, 0.3) is 11.8 Å². The Bertz CT molecular complexity index is 1340. The lowest BCUT2D eigenvalue weighted by Crippen LogP contribution is -2.55. The molecule has 3 aliphatic rings. The molecule has 1 N–H and O–H groups in total. The number of fused-ring (bicyclic) bond motifs is 3. The highest BCUT2D eigenvalue weighted by Crippen LogP contribution is 2.52. The average Bonchev–Trinajstić information content (AvgIpc) is 3.56. The van der Waals surface area contributed by atoms with Gasteiger partial charge in [-0.1, -0.05) is 48.5 Å². The first kappa shape index (κ1) is 23.4. The average molecular weight is 499 g/mol. The summed E-state index contributed by atoms with van der Waals surface area (Å²) in [7, 11) is 1.61. The minimum absolute atomic E-state index is 0.254. The van der Waals surface area contributed by atoms with E-state index in [-0.39, 0.29) is 18.2 Å². The summed E-state index contributed by atoms with van der Waals surface area (Å²) in [6.45, 7) is 0.724. The van der Waals surface area contributed by atoms with Gasteiger partial charge in [-0.25, -0.2) is 9.90 Å². The molecule has 8 nitrogen and oxygen atoms in total. The number of methoxy groups -OCH3 is 1. The quantitative estimate of drug-likeness (QED) is 0.576. The molecule has 0 radical (unpaired) electrons. The fourth-order valence-corrected chi connectivity index (χ4v) is 5.22. The number of amides is 2. The molecule has 1 spiro atoms. The number of hydrogen-bond donors (Lipinski definition) is 1. The summed E-state index contributed by atoms with van der Waals surface area (Å²) in [4.78, 5) is 33.3. The van der Waals surface area contributed by atoms with Crippen LogP contribution in [0.1, 0.15) is 32.7 Å². The van der Waals surface area contributed by atoms with Gasteiger partial charge in [0.2, 0.25) is 5.79 Å². The zero-order valence-electron chi connectivity index (χ0n) is 20.3. The topological polar surface area (TPSA) is 86.3 Å². The molecule has 0 aromatic heterocycles. The van der Waals surface area contributed by atoms with Crippen LogP contribution in [0.25, 0.3) is 5.57 Å². The predicted octanol–water partition coefficient (Wildman–Crippen LogP) is 3.81. The number of ether oxygens (including phenoxy) is 3. The molecular formula is C29H26N2O6. The van der Waals surface area contributed by atoms with Gasteiger partial charge in [0, 0.05) is 23.1 Å². The summed E-state index contributed by atoms with van der Waals surface area (Å²) in [5.74, 6) is -1.21. The Kier molecular flexibility index (Phi) is 5.79. The molecular weight excluding hydrogens is 472 g/mol. The molecule has 2 heterocycles. The largest absolute Gasteiger partial charge is 0.497 e. The van der Waals surface area contributed by atoms with Gasteiger partial charge in [-0.05, 0) is 48.0 Å². The Balaban J connectivity index is 1.46. The Hall–Kier alpha value is -3.98. The van der Waals surface area contributed by atoms with Crippen LogP contribution in [0.5, 0.6) is 5.75 Å². The second kappa shape index (κ2) is 9.15. The first-order chi connectivity index (χ1) is 18.0. The van der Waals surface area contributed by atoms with Crippen LogP contribution in [0, 0.1) is 0 Å². The summed E-state index contributed by atoms with van der Waals surface area (Å²) in [6, 6.07) is 24.6.